The maximum Gasteiger partial charge on any atom is 0.276 e. The molecule has 0 unspecified atom stereocenters. The number of benzene rings is 2. The summed E-state index contributed by atoms with van der Waals surface area (Å²) in [4.78, 5) is 30.1. The summed E-state index contributed by atoms with van der Waals surface area (Å²) in [6.45, 7) is 3.35. The number of hydrogen-bond donors (Lipinski definition) is 1. The third kappa shape index (κ3) is 4.15. The van der Waals surface area contributed by atoms with Gasteiger partial charge in [0.05, 0.1) is 18.7 Å². The monoisotopic (exact) mass is 452 g/mol. The van der Waals surface area contributed by atoms with Gasteiger partial charge in [-0.15, -0.1) is 0 Å². The number of hydrogen-bond acceptors (Lipinski definition) is 4. The minimum Gasteiger partial charge on any atom is -0.494 e. The maximum absolute atomic E-state index is 13.1. The Hall–Kier alpha value is -4.39. The van der Waals surface area contributed by atoms with Gasteiger partial charge in [-0.25, -0.2) is 4.98 Å². The summed E-state index contributed by atoms with van der Waals surface area (Å²) in [6.07, 6.45) is 3.55. The van der Waals surface area contributed by atoms with Gasteiger partial charge < -0.3 is 14.5 Å². The molecule has 3 aromatic heterocycles. The zero-order valence-corrected chi connectivity index (χ0v) is 18.8. The fraction of sp³-hybridized carbons (Fsp3) is 0.148. The van der Waals surface area contributed by atoms with E-state index in [-0.39, 0.29) is 11.5 Å². The number of rotatable bonds is 7. The molecule has 0 aliphatic carbocycles. The molecule has 2 aromatic carbocycles. The van der Waals surface area contributed by atoms with E-state index in [4.69, 9.17) is 4.74 Å². The van der Waals surface area contributed by atoms with Crippen LogP contribution in [0, 0.1) is 0 Å². The molecular formula is C27H24N4O3. The molecule has 0 aliphatic heterocycles. The topological polar surface area (TPSA) is 77.6 Å². The molecule has 0 saturated heterocycles. The first-order valence-corrected chi connectivity index (χ1v) is 11.2. The van der Waals surface area contributed by atoms with Crippen molar-refractivity contribution in [2.24, 2.45) is 0 Å². The van der Waals surface area contributed by atoms with Crippen LogP contribution in [0.15, 0.2) is 90.0 Å². The highest BCUT2D eigenvalue weighted by Gasteiger charge is 2.12. The largest absolute Gasteiger partial charge is 0.494 e. The van der Waals surface area contributed by atoms with Crippen molar-refractivity contribution in [2.75, 3.05) is 6.61 Å². The first kappa shape index (κ1) is 21.5. The molecule has 170 valence electrons. The first-order chi connectivity index (χ1) is 16.6. The first-order valence-electron chi connectivity index (χ1n) is 11.2. The SMILES string of the molecule is CCOc1ccc(CNC(=O)c2ccc(Cn3c(=O)c4cccn4c4cccnc43)cc2)cc1. The number of carbonyl (C=O) groups excluding carboxylic acids is 1. The van der Waals surface area contributed by atoms with Gasteiger partial charge >= 0.3 is 0 Å². The summed E-state index contributed by atoms with van der Waals surface area (Å²) in [5, 5.41) is 2.94. The zero-order chi connectivity index (χ0) is 23.5. The molecule has 34 heavy (non-hydrogen) atoms. The van der Waals surface area contributed by atoms with Crippen LogP contribution in [-0.4, -0.2) is 26.5 Å². The third-order valence-electron chi connectivity index (χ3n) is 5.74. The summed E-state index contributed by atoms with van der Waals surface area (Å²) in [6, 6.07) is 22.4. The summed E-state index contributed by atoms with van der Waals surface area (Å²) in [7, 11) is 0. The molecule has 1 N–H and O–H groups in total. The van der Waals surface area contributed by atoms with Gasteiger partial charge in [-0.3, -0.25) is 14.2 Å². The van der Waals surface area contributed by atoms with E-state index in [0.717, 1.165) is 22.4 Å². The molecule has 0 aliphatic rings. The van der Waals surface area contributed by atoms with Crippen molar-refractivity contribution in [3.8, 4) is 5.75 Å². The van der Waals surface area contributed by atoms with E-state index in [2.05, 4.69) is 10.3 Å². The van der Waals surface area contributed by atoms with Crippen molar-refractivity contribution in [2.45, 2.75) is 20.0 Å². The Balaban J connectivity index is 1.32. The Kier molecular flexibility index (Phi) is 5.82. The lowest BCUT2D eigenvalue weighted by Gasteiger charge is -2.12. The number of aromatic nitrogens is 3. The number of fused-ring (bicyclic) bond motifs is 3. The van der Waals surface area contributed by atoms with Crippen molar-refractivity contribution < 1.29 is 9.53 Å². The second-order valence-electron chi connectivity index (χ2n) is 7.96. The predicted molar refractivity (Wildman–Crippen MR) is 131 cm³/mol. The molecule has 1 amide bonds. The normalized spacial score (nSPS) is 11.1. The number of pyridine rings is 1. The van der Waals surface area contributed by atoms with Crippen LogP contribution in [0.5, 0.6) is 5.75 Å². The number of carbonyl (C=O) groups is 1. The van der Waals surface area contributed by atoms with Crippen LogP contribution >= 0.6 is 0 Å². The number of ether oxygens (including phenoxy) is 1. The quantitative estimate of drug-likeness (QED) is 0.405. The Morgan fingerprint density at radius 1 is 0.941 bits per heavy atom. The summed E-state index contributed by atoms with van der Waals surface area (Å²) in [5.74, 6) is 0.658. The van der Waals surface area contributed by atoms with Crippen LogP contribution in [0.4, 0.5) is 0 Å². The van der Waals surface area contributed by atoms with E-state index < -0.39 is 0 Å². The molecule has 0 atom stereocenters. The van der Waals surface area contributed by atoms with Gasteiger partial charge in [-0.05, 0) is 66.6 Å². The lowest BCUT2D eigenvalue weighted by atomic mass is 10.1. The van der Waals surface area contributed by atoms with E-state index in [1.54, 1.807) is 22.9 Å². The minimum absolute atomic E-state index is 0.103. The van der Waals surface area contributed by atoms with Gasteiger partial charge in [0.15, 0.2) is 5.65 Å². The summed E-state index contributed by atoms with van der Waals surface area (Å²) in [5.41, 5.74) is 4.45. The van der Waals surface area contributed by atoms with Crippen LogP contribution in [0.2, 0.25) is 0 Å². The van der Waals surface area contributed by atoms with Crippen LogP contribution in [0.25, 0.3) is 16.7 Å². The van der Waals surface area contributed by atoms with Crippen LogP contribution in [-0.2, 0) is 13.1 Å². The molecule has 0 spiro atoms. The molecule has 0 radical (unpaired) electrons. The predicted octanol–water partition coefficient (Wildman–Crippen LogP) is 4.03. The number of nitrogens with zero attached hydrogens (tertiary/aromatic N) is 3. The molecule has 3 heterocycles. The Labute approximate surface area is 196 Å². The Morgan fingerprint density at radius 3 is 2.44 bits per heavy atom. The summed E-state index contributed by atoms with van der Waals surface area (Å²) >= 11 is 0. The fourth-order valence-electron chi connectivity index (χ4n) is 4.03. The highest BCUT2D eigenvalue weighted by molar-refractivity contribution is 5.94. The smallest absolute Gasteiger partial charge is 0.276 e. The van der Waals surface area contributed by atoms with Gasteiger partial charge in [0, 0.05) is 24.5 Å². The van der Waals surface area contributed by atoms with Crippen molar-refractivity contribution >= 4 is 22.6 Å². The molecule has 0 saturated carbocycles. The Bertz CT molecular complexity index is 1520. The standard InChI is InChI=1S/C27H24N4O3/c1-2-34-22-13-9-19(10-14-22)17-29-26(32)21-11-7-20(8-12-21)18-31-25-23(5-3-15-28-25)30-16-4-6-24(30)27(31)33/h3-16H,2,17-18H2,1H3,(H,29,32). The van der Waals surface area contributed by atoms with E-state index >= 15 is 0 Å². The maximum atomic E-state index is 13.1. The molecule has 5 aromatic rings. The molecule has 7 nitrogen and oxygen atoms in total. The van der Waals surface area contributed by atoms with Crippen molar-refractivity contribution in [3.63, 3.8) is 0 Å². The molecule has 5 rings (SSSR count). The van der Waals surface area contributed by atoms with Crippen LogP contribution in [0.1, 0.15) is 28.4 Å². The van der Waals surface area contributed by atoms with Gasteiger partial charge in [0.1, 0.15) is 11.3 Å². The van der Waals surface area contributed by atoms with Crippen LogP contribution < -0.4 is 15.6 Å². The van der Waals surface area contributed by atoms with E-state index in [1.807, 2.05) is 78.2 Å². The van der Waals surface area contributed by atoms with Gasteiger partial charge in [0.2, 0.25) is 0 Å². The highest BCUT2D eigenvalue weighted by Crippen LogP contribution is 2.15. The average Bonchev–Trinajstić information content (AvgIpc) is 3.37. The highest BCUT2D eigenvalue weighted by atomic mass is 16.5. The number of nitrogens with one attached hydrogen (secondary N) is 1. The van der Waals surface area contributed by atoms with Crippen molar-refractivity contribution in [1.82, 2.24) is 19.3 Å². The minimum atomic E-state index is -0.153. The Morgan fingerprint density at radius 2 is 1.68 bits per heavy atom. The summed E-state index contributed by atoms with van der Waals surface area (Å²) < 4.78 is 8.98. The molecule has 0 fully saturated rings. The van der Waals surface area contributed by atoms with Gasteiger partial charge in [-0.1, -0.05) is 24.3 Å². The number of amides is 1. The van der Waals surface area contributed by atoms with Gasteiger partial charge in [0.25, 0.3) is 11.5 Å². The van der Waals surface area contributed by atoms with Gasteiger partial charge in [-0.2, -0.15) is 0 Å². The molecule has 0 bridgehead atoms. The van der Waals surface area contributed by atoms with E-state index in [1.165, 1.54) is 0 Å². The second-order valence-corrected chi connectivity index (χ2v) is 7.96. The third-order valence-corrected chi connectivity index (χ3v) is 5.74. The molecule has 7 heteroatoms. The lowest BCUT2D eigenvalue weighted by molar-refractivity contribution is 0.0951. The zero-order valence-electron chi connectivity index (χ0n) is 18.8. The van der Waals surface area contributed by atoms with Crippen molar-refractivity contribution in [3.05, 3.63) is 112 Å². The van der Waals surface area contributed by atoms with Crippen LogP contribution in [0.3, 0.4) is 0 Å². The average molecular weight is 453 g/mol. The fourth-order valence-corrected chi connectivity index (χ4v) is 4.03. The lowest BCUT2D eigenvalue weighted by Crippen LogP contribution is -2.24. The van der Waals surface area contributed by atoms with E-state index in [0.29, 0.717) is 36.4 Å². The van der Waals surface area contributed by atoms with E-state index in [9.17, 15) is 9.59 Å². The molecular weight excluding hydrogens is 428 g/mol. The second kappa shape index (κ2) is 9.23. The van der Waals surface area contributed by atoms with Crippen molar-refractivity contribution in [1.29, 1.82) is 0 Å².